The van der Waals surface area contributed by atoms with E-state index >= 15 is 0 Å². The summed E-state index contributed by atoms with van der Waals surface area (Å²) in [6, 6.07) is 6.96. The summed E-state index contributed by atoms with van der Waals surface area (Å²) in [6.45, 7) is 11.8. The maximum absolute atomic E-state index is 2.39. The van der Waals surface area contributed by atoms with E-state index in [0.29, 0.717) is 5.41 Å². The Morgan fingerprint density at radius 3 is 2.28 bits per heavy atom. The highest BCUT2D eigenvalue weighted by atomic mass is 14.4. The van der Waals surface area contributed by atoms with Crippen LogP contribution in [0, 0.1) is 17.8 Å². The molecule has 2 rings (SSSR count). The smallest absolute Gasteiger partial charge is 0.0274 e. The van der Waals surface area contributed by atoms with E-state index in [1.807, 2.05) is 0 Å². The van der Waals surface area contributed by atoms with E-state index in [1.54, 1.807) is 11.1 Å². The summed E-state index contributed by atoms with van der Waals surface area (Å²) in [7, 11) is 0. The first-order valence-electron chi connectivity index (χ1n) is 10.9. The molecule has 0 spiro atoms. The molecule has 0 aromatic heterocycles. The van der Waals surface area contributed by atoms with Crippen LogP contribution in [0.1, 0.15) is 109 Å². The normalized spacial score (nSPS) is 16.2. The molecule has 1 aromatic rings. The van der Waals surface area contributed by atoms with Crippen molar-refractivity contribution in [2.24, 2.45) is 10.8 Å². The minimum atomic E-state index is 0.478. The van der Waals surface area contributed by atoms with E-state index in [1.165, 1.54) is 82.6 Å². The summed E-state index contributed by atoms with van der Waals surface area (Å²) in [5.41, 5.74) is 6.06. The second-order valence-electron chi connectivity index (χ2n) is 9.89. The van der Waals surface area contributed by atoms with Crippen molar-refractivity contribution in [2.75, 3.05) is 0 Å². The molecule has 0 N–H and O–H groups in total. The first kappa shape index (κ1) is 20.5. The highest BCUT2D eigenvalue weighted by Crippen LogP contribution is 2.52. The van der Waals surface area contributed by atoms with Crippen LogP contribution in [-0.4, -0.2) is 0 Å². The lowest BCUT2D eigenvalue weighted by molar-refractivity contribution is 0.360. The molecular weight excluding hydrogens is 300 g/mol. The molecule has 0 aliphatic heterocycles. The Morgan fingerprint density at radius 2 is 1.64 bits per heavy atom. The quantitative estimate of drug-likeness (QED) is 0.357. The van der Waals surface area contributed by atoms with Crippen molar-refractivity contribution in [3.63, 3.8) is 0 Å². The molecule has 0 atom stereocenters. The maximum atomic E-state index is 2.39. The molecule has 25 heavy (non-hydrogen) atoms. The van der Waals surface area contributed by atoms with Crippen LogP contribution in [-0.2, 0) is 12.8 Å². The molecule has 0 heterocycles. The maximum Gasteiger partial charge on any atom is -0.0274 e. The van der Waals surface area contributed by atoms with Gasteiger partial charge >= 0.3 is 0 Å². The molecule has 0 saturated heterocycles. The summed E-state index contributed by atoms with van der Waals surface area (Å²) in [5, 5.41) is 0. The molecule has 1 saturated carbocycles. The van der Waals surface area contributed by atoms with Crippen LogP contribution >= 0.6 is 0 Å². The van der Waals surface area contributed by atoms with Gasteiger partial charge in [0.05, 0.1) is 0 Å². The topological polar surface area (TPSA) is 0 Å². The largest absolute Gasteiger partial charge is 0.0649 e. The molecule has 1 fully saturated rings. The van der Waals surface area contributed by atoms with Gasteiger partial charge in [0.25, 0.3) is 0 Å². The van der Waals surface area contributed by atoms with Crippen LogP contribution in [0.5, 0.6) is 0 Å². The molecule has 0 heteroatoms. The Kier molecular flexibility index (Phi) is 7.59. The van der Waals surface area contributed by atoms with Gasteiger partial charge in [0, 0.05) is 0 Å². The van der Waals surface area contributed by atoms with Crippen molar-refractivity contribution in [3.8, 4) is 0 Å². The number of benzene rings is 1. The predicted molar refractivity (Wildman–Crippen MR) is 112 cm³/mol. The van der Waals surface area contributed by atoms with Crippen molar-refractivity contribution in [1.29, 1.82) is 0 Å². The van der Waals surface area contributed by atoms with E-state index < -0.39 is 0 Å². The minimum absolute atomic E-state index is 0.478. The van der Waals surface area contributed by atoms with Crippen LogP contribution in [0.15, 0.2) is 18.2 Å². The van der Waals surface area contributed by atoms with Gasteiger partial charge in [-0.15, -0.1) is 0 Å². The Balaban J connectivity index is 1.74. The van der Waals surface area contributed by atoms with Crippen LogP contribution in [0.2, 0.25) is 0 Å². The van der Waals surface area contributed by atoms with Crippen molar-refractivity contribution >= 4 is 0 Å². The number of hydrogen-bond donors (Lipinski definition) is 0. The van der Waals surface area contributed by atoms with Gasteiger partial charge in [-0.05, 0) is 85.8 Å². The van der Waals surface area contributed by atoms with Gasteiger partial charge in [0.2, 0.25) is 0 Å². The average molecular weight is 343 g/mol. The monoisotopic (exact) mass is 342 g/mol. The van der Waals surface area contributed by atoms with Gasteiger partial charge in [0.1, 0.15) is 0 Å². The van der Waals surface area contributed by atoms with E-state index in [2.05, 4.69) is 52.8 Å². The highest BCUT2D eigenvalue weighted by molar-refractivity contribution is 5.34. The molecule has 142 valence electrons. The van der Waals surface area contributed by atoms with E-state index in [-0.39, 0.29) is 0 Å². The van der Waals surface area contributed by atoms with Gasteiger partial charge in [-0.2, -0.15) is 0 Å². The Bertz CT molecular complexity index is 513. The molecular formula is C25H42. The zero-order valence-electron chi connectivity index (χ0n) is 17.7. The molecule has 0 unspecified atom stereocenters. The zero-order chi connectivity index (χ0) is 18.3. The lowest BCUT2D eigenvalue weighted by Crippen LogP contribution is -2.05. The van der Waals surface area contributed by atoms with Gasteiger partial charge < -0.3 is 0 Å². The molecule has 1 aliphatic rings. The first-order valence-corrected chi connectivity index (χ1v) is 10.9. The lowest BCUT2D eigenvalue weighted by Gasteiger charge is -2.18. The van der Waals surface area contributed by atoms with Crippen LogP contribution in [0.3, 0.4) is 0 Å². The zero-order valence-corrected chi connectivity index (χ0v) is 17.7. The van der Waals surface area contributed by atoms with Gasteiger partial charge in [-0.3, -0.25) is 0 Å². The summed E-state index contributed by atoms with van der Waals surface area (Å²) in [5.74, 6) is 0. The molecule has 0 radical (unpaired) electrons. The van der Waals surface area contributed by atoms with Crippen molar-refractivity contribution < 1.29 is 0 Å². The molecule has 1 aromatic carbocycles. The third-order valence-corrected chi connectivity index (χ3v) is 6.47. The fourth-order valence-electron chi connectivity index (χ4n) is 4.26. The fourth-order valence-corrected chi connectivity index (χ4v) is 4.26. The number of unbranched alkanes of at least 4 members (excludes halogenated alkanes) is 3. The van der Waals surface area contributed by atoms with Gasteiger partial charge in [-0.25, -0.2) is 0 Å². The summed E-state index contributed by atoms with van der Waals surface area (Å²) in [4.78, 5) is 0. The molecule has 0 amide bonds. The van der Waals surface area contributed by atoms with Crippen molar-refractivity contribution in [1.82, 2.24) is 0 Å². The van der Waals surface area contributed by atoms with Gasteiger partial charge in [0.15, 0.2) is 0 Å². The fraction of sp³-hybridized carbons (Fsp3) is 0.760. The Morgan fingerprint density at radius 1 is 0.920 bits per heavy atom. The van der Waals surface area contributed by atoms with Crippen molar-refractivity contribution in [2.45, 2.75) is 112 Å². The van der Waals surface area contributed by atoms with Gasteiger partial charge in [-0.1, -0.05) is 71.6 Å². The van der Waals surface area contributed by atoms with Crippen LogP contribution in [0.4, 0.5) is 0 Å². The SMILES string of the molecule is CCC1(CCCCCc2cccc(C)c2CCCCC(C)(C)C)CC1. The molecule has 1 aliphatic carbocycles. The second-order valence-corrected chi connectivity index (χ2v) is 9.89. The molecule has 0 bridgehead atoms. The average Bonchev–Trinajstić information content (AvgIpc) is 3.32. The second kappa shape index (κ2) is 9.24. The summed E-state index contributed by atoms with van der Waals surface area (Å²) < 4.78 is 0. The first-order chi connectivity index (χ1) is 11.9. The van der Waals surface area contributed by atoms with E-state index in [9.17, 15) is 0 Å². The number of rotatable bonds is 11. The third kappa shape index (κ3) is 7.16. The Hall–Kier alpha value is -0.780. The molecule has 0 nitrogen and oxygen atoms in total. The third-order valence-electron chi connectivity index (χ3n) is 6.47. The lowest BCUT2D eigenvalue weighted by atomic mass is 9.88. The van der Waals surface area contributed by atoms with Crippen LogP contribution < -0.4 is 0 Å². The van der Waals surface area contributed by atoms with Crippen molar-refractivity contribution in [3.05, 3.63) is 34.9 Å². The van der Waals surface area contributed by atoms with E-state index in [0.717, 1.165) is 5.41 Å². The van der Waals surface area contributed by atoms with E-state index in [4.69, 9.17) is 0 Å². The minimum Gasteiger partial charge on any atom is -0.0649 e. The standard InChI is InChI=1S/C25H42/c1-6-25(19-20-25)18-10-7-8-14-22-15-12-13-21(2)23(22)16-9-11-17-24(3,4)5/h12-13,15H,6-11,14,16-20H2,1-5H3. The Labute approximate surface area is 157 Å². The van der Waals surface area contributed by atoms with Crippen LogP contribution in [0.25, 0.3) is 0 Å². The predicted octanol–water partition coefficient (Wildman–Crippen LogP) is 8.05. The highest BCUT2D eigenvalue weighted by Gasteiger charge is 2.39. The number of aryl methyl sites for hydroxylation is 2. The summed E-state index contributed by atoms with van der Waals surface area (Å²) in [6.07, 6.45) is 16.7. The summed E-state index contributed by atoms with van der Waals surface area (Å²) >= 11 is 0. The number of hydrogen-bond acceptors (Lipinski definition) is 0.